The van der Waals surface area contributed by atoms with E-state index in [4.69, 9.17) is 11.6 Å². The number of hydrogen-bond donors (Lipinski definition) is 1. The standard InChI is InChI=1S/C15H21ClFNO2S/c1-12-9-13(17)5-6-14(12)21(19,20)18-11-15(10-16)7-3-2-4-8-15/h5-6,9,18H,2-4,7-8,10-11H2,1H3. The number of sulfonamides is 1. The van der Waals surface area contributed by atoms with Gasteiger partial charge in [-0.25, -0.2) is 17.5 Å². The number of nitrogens with one attached hydrogen (secondary N) is 1. The molecule has 1 N–H and O–H groups in total. The summed E-state index contributed by atoms with van der Waals surface area (Å²) in [7, 11) is -3.63. The van der Waals surface area contributed by atoms with Gasteiger partial charge in [0.05, 0.1) is 4.90 Å². The first kappa shape index (κ1) is 16.7. The third-order valence-corrected chi connectivity index (χ3v) is 6.39. The molecule has 1 aliphatic rings. The second-order valence-corrected chi connectivity index (χ2v) is 7.93. The van der Waals surface area contributed by atoms with Crippen LogP contribution in [0.5, 0.6) is 0 Å². The lowest BCUT2D eigenvalue weighted by atomic mass is 9.76. The number of aryl methyl sites for hydroxylation is 1. The highest BCUT2D eigenvalue weighted by Gasteiger charge is 2.33. The van der Waals surface area contributed by atoms with Crippen molar-refractivity contribution >= 4 is 21.6 Å². The van der Waals surface area contributed by atoms with E-state index >= 15 is 0 Å². The van der Waals surface area contributed by atoms with Crippen molar-refractivity contribution in [3.05, 3.63) is 29.6 Å². The molecule has 0 radical (unpaired) electrons. The van der Waals surface area contributed by atoms with Gasteiger partial charge in [-0.1, -0.05) is 19.3 Å². The van der Waals surface area contributed by atoms with Gasteiger partial charge in [0.25, 0.3) is 0 Å². The minimum absolute atomic E-state index is 0.129. The van der Waals surface area contributed by atoms with Crippen LogP contribution in [0.1, 0.15) is 37.7 Å². The Morgan fingerprint density at radius 2 is 1.95 bits per heavy atom. The van der Waals surface area contributed by atoms with Crippen LogP contribution in [0.2, 0.25) is 0 Å². The summed E-state index contributed by atoms with van der Waals surface area (Å²) in [6.45, 7) is 1.94. The molecule has 6 heteroatoms. The third-order valence-electron chi connectivity index (χ3n) is 4.26. The maximum atomic E-state index is 13.1. The number of rotatable bonds is 5. The third kappa shape index (κ3) is 3.96. The first-order chi connectivity index (χ1) is 9.88. The molecule has 2 rings (SSSR count). The molecule has 3 nitrogen and oxygen atoms in total. The summed E-state index contributed by atoms with van der Waals surface area (Å²) in [5, 5.41) is 0. The number of alkyl halides is 1. The fraction of sp³-hybridized carbons (Fsp3) is 0.600. The van der Waals surface area contributed by atoms with Crippen molar-refractivity contribution in [3.8, 4) is 0 Å². The first-order valence-electron chi connectivity index (χ1n) is 7.20. The van der Waals surface area contributed by atoms with Crippen LogP contribution in [-0.4, -0.2) is 20.8 Å². The molecular weight excluding hydrogens is 313 g/mol. The van der Waals surface area contributed by atoms with Crippen molar-refractivity contribution < 1.29 is 12.8 Å². The van der Waals surface area contributed by atoms with Gasteiger partial charge < -0.3 is 0 Å². The summed E-state index contributed by atoms with van der Waals surface area (Å²) in [4.78, 5) is 0.129. The zero-order valence-corrected chi connectivity index (χ0v) is 13.7. The maximum Gasteiger partial charge on any atom is 0.240 e. The molecular formula is C15H21ClFNO2S. The van der Waals surface area contributed by atoms with Gasteiger partial charge in [-0.2, -0.15) is 0 Å². The predicted molar refractivity (Wildman–Crippen MR) is 82.6 cm³/mol. The molecule has 0 aliphatic heterocycles. The second kappa shape index (κ2) is 6.63. The zero-order chi connectivity index (χ0) is 15.5. The number of halogens is 2. The minimum atomic E-state index is -3.63. The molecule has 0 bridgehead atoms. The minimum Gasteiger partial charge on any atom is -0.211 e. The second-order valence-electron chi connectivity index (χ2n) is 5.93. The Hall–Kier alpha value is -0.650. The molecule has 21 heavy (non-hydrogen) atoms. The van der Waals surface area contributed by atoms with E-state index in [0.29, 0.717) is 18.0 Å². The highest BCUT2D eigenvalue weighted by molar-refractivity contribution is 7.89. The summed E-state index contributed by atoms with van der Waals surface area (Å²) in [6, 6.07) is 3.70. The van der Waals surface area contributed by atoms with Gasteiger partial charge in [-0.05, 0) is 48.9 Å². The summed E-state index contributed by atoms with van der Waals surface area (Å²) >= 11 is 6.08. The molecule has 1 aliphatic carbocycles. The molecule has 0 heterocycles. The van der Waals surface area contributed by atoms with E-state index in [1.165, 1.54) is 24.6 Å². The Morgan fingerprint density at radius 1 is 1.29 bits per heavy atom. The van der Waals surface area contributed by atoms with Crippen molar-refractivity contribution in [1.29, 1.82) is 0 Å². The van der Waals surface area contributed by atoms with Crippen LogP contribution in [0.25, 0.3) is 0 Å². The van der Waals surface area contributed by atoms with Gasteiger partial charge in [-0.3, -0.25) is 0 Å². The Labute approximate surface area is 130 Å². The fourth-order valence-electron chi connectivity index (χ4n) is 2.90. The number of hydrogen-bond acceptors (Lipinski definition) is 2. The van der Waals surface area contributed by atoms with Crippen LogP contribution in [0.15, 0.2) is 23.1 Å². The van der Waals surface area contributed by atoms with Gasteiger partial charge in [0.2, 0.25) is 10.0 Å². The normalized spacial score (nSPS) is 18.6. The monoisotopic (exact) mass is 333 g/mol. The average molecular weight is 334 g/mol. The molecule has 1 saturated carbocycles. The molecule has 1 fully saturated rings. The molecule has 0 spiro atoms. The molecule has 1 aromatic carbocycles. The quantitative estimate of drug-likeness (QED) is 0.837. The van der Waals surface area contributed by atoms with E-state index < -0.39 is 15.8 Å². The van der Waals surface area contributed by atoms with Crippen molar-refractivity contribution in [1.82, 2.24) is 4.72 Å². The van der Waals surface area contributed by atoms with E-state index in [0.717, 1.165) is 25.7 Å². The van der Waals surface area contributed by atoms with Gasteiger partial charge in [0.15, 0.2) is 0 Å². The maximum absolute atomic E-state index is 13.1. The van der Waals surface area contributed by atoms with E-state index in [9.17, 15) is 12.8 Å². The van der Waals surface area contributed by atoms with Gasteiger partial charge in [-0.15, -0.1) is 11.6 Å². The largest absolute Gasteiger partial charge is 0.240 e. The van der Waals surface area contributed by atoms with E-state index in [2.05, 4.69) is 4.72 Å². The van der Waals surface area contributed by atoms with E-state index in [-0.39, 0.29) is 10.3 Å². The molecule has 118 valence electrons. The van der Waals surface area contributed by atoms with Crippen LogP contribution in [0.3, 0.4) is 0 Å². The smallest absolute Gasteiger partial charge is 0.211 e. The van der Waals surface area contributed by atoms with Crippen LogP contribution in [0, 0.1) is 18.2 Å². The van der Waals surface area contributed by atoms with Gasteiger partial charge in [0, 0.05) is 12.4 Å². The molecule has 0 aromatic heterocycles. The summed E-state index contributed by atoms with van der Waals surface area (Å²) in [6.07, 6.45) is 5.25. The predicted octanol–water partition coefficient (Wildman–Crippen LogP) is 3.60. The van der Waals surface area contributed by atoms with Gasteiger partial charge >= 0.3 is 0 Å². The van der Waals surface area contributed by atoms with Crippen LogP contribution >= 0.6 is 11.6 Å². The summed E-state index contributed by atoms with van der Waals surface area (Å²) in [5.74, 6) is 0.0220. The Kier molecular flexibility index (Phi) is 5.28. The topological polar surface area (TPSA) is 46.2 Å². The van der Waals surface area contributed by atoms with E-state index in [1.807, 2.05) is 0 Å². The molecule has 1 aromatic rings. The van der Waals surface area contributed by atoms with Crippen molar-refractivity contribution in [3.63, 3.8) is 0 Å². The van der Waals surface area contributed by atoms with Crippen molar-refractivity contribution in [2.75, 3.05) is 12.4 Å². The van der Waals surface area contributed by atoms with Crippen LogP contribution in [0.4, 0.5) is 4.39 Å². The first-order valence-corrected chi connectivity index (χ1v) is 9.22. The van der Waals surface area contributed by atoms with Crippen molar-refractivity contribution in [2.45, 2.75) is 43.9 Å². The molecule has 0 unspecified atom stereocenters. The molecule has 0 amide bonds. The Morgan fingerprint density at radius 3 is 2.52 bits per heavy atom. The molecule has 0 atom stereocenters. The zero-order valence-electron chi connectivity index (χ0n) is 12.2. The number of benzene rings is 1. The fourth-order valence-corrected chi connectivity index (χ4v) is 4.64. The Bertz CT molecular complexity index is 598. The van der Waals surface area contributed by atoms with E-state index in [1.54, 1.807) is 6.92 Å². The van der Waals surface area contributed by atoms with Crippen LogP contribution < -0.4 is 4.72 Å². The average Bonchev–Trinajstić information content (AvgIpc) is 2.46. The Balaban J connectivity index is 2.13. The highest BCUT2D eigenvalue weighted by atomic mass is 35.5. The highest BCUT2D eigenvalue weighted by Crippen LogP contribution is 2.37. The summed E-state index contributed by atoms with van der Waals surface area (Å²) in [5.41, 5.74) is 0.256. The lowest BCUT2D eigenvalue weighted by molar-refractivity contribution is 0.223. The SMILES string of the molecule is Cc1cc(F)ccc1S(=O)(=O)NCC1(CCl)CCCCC1. The lowest BCUT2D eigenvalue weighted by Gasteiger charge is -2.35. The molecule has 0 saturated heterocycles. The lowest BCUT2D eigenvalue weighted by Crippen LogP contribution is -2.40. The van der Waals surface area contributed by atoms with Crippen LogP contribution in [-0.2, 0) is 10.0 Å². The summed E-state index contributed by atoms with van der Waals surface area (Å²) < 4.78 is 40.5. The van der Waals surface area contributed by atoms with Crippen molar-refractivity contribution in [2.24, 2.45) is 5.41 Å². The van der Waals surface area contributed by atoms with Gasteiger partial charge in [0.1, 0.15) is 5.82 Å².